The monoisotopic (exact) mass is 242 g/mol. The van der Waals surface area contributed by atoms with Crippen LogP contribution in [-0.4, -0.2) is 22.1 Å². The second kappa shape index (κ2) is 5.96. The van der Waals surface area contributed by atoms with E-state index in [0.29, 0.717) is 6.04 Å². The molecule has 1 aromatic rings. The highest BCUT2D eigenvalue weighted by Crippen LogP contribution is 2.19. The number of aromatic nitrogens is 1. The van der Waals surface area contributed by atoms with Crippen molar-refractivity contribution >= 4 is 17.3 Å². The molecular formula is C11H18N2O2S. The van der Waals surface area contributed by atoms with Crippen LogP contribution in [0.1, 0.15) is 55.2 Å². The molecule has 5 heteroatoms. The summed E-state index contributed by atoms with van der Waals surface area (Å²) in [7, 11) is 0. The van der Waals surface area contributed by atoms with Gasteiger partial charge in [-0.2, -0.15) is 0 Å². The van der Waals surface area contributed by atoms with Crippen molar-refractivity contribution in [2.75, 3.05) is 0 Å². The quantitative estimate of drug-likeness (QED) is 0.805. The zero-order valence-corrected chi connectivity index (χ0v) is 10.7. The van der Waals surface area contributed by atoms with Crippen LogP contribution in [0.5, 0.6) is 0 Å². The summed E-state index contributed by atoms with van der Waals surface area (Å²) < 4.78 is 0. The van der Waals surface area contributed by atoms with Gasteiger partial charge in [0, 0.05) is 11.4 Å². The fourth-order valence-electron chi connectivity index (χ4n) is 1.53. The van der Waals surface area contributed by atoms with E-state index in [2.05, 4.69) is 24.1 Å². The molecule has 0 aliphatic carbocycles. The molecule has 1 unspecified atom stereocenters. The molecule has 0 aliphatic rings. The van der Waals surface area contributed by atoms with Crippen LogP contribution in [0, 0.1) is 0 Å². The van der Waals surface area contributed by atoms with E-state index in [1.807, 2.05) is 6.92 Å². The third-order valence-electron chi connectivity index (χ3n) is 2.58. The van der Waals surface area contributed by atoms with Crippen LogP contribution in [-0.2, 0) is 0 Å². The Hall–Kier alpha value is -0.940. The van der Waals surface area contributed by atoms with E-state index >= 15 is 0 Å². The summed E-state index contributed by atoms with van der Waals surface area (Å²) in [5.74, 6) is -0.961. The molecule has 0 saturated heterocycles. The van der Waals surface area contributed by atoms with Crippen LogP contribution in [0.2, 0.25) is 0 Å². The Morgan fingerprint density at radius 1 is 1.56 bits per heavy atom. The van der Waals surface area contributed by atoms with Gasteiger partial charge < -0.3 is 10.4 Å². The first kappa shape index (κ1) is 13.1. The number of nitrogens with zero attached hydrogens (tertiary/aromatic N) is 1. The summed E-state index contributed by atoms with van der Waals surface area (Å²) in [5, 5.41) is 14.6. The molecule has 0 aliphatic heterocycles. The minimum Gasteiger partial charge on any atom is -0.476 e. The number of nitrogens with one attached hydrogen (secondary N) is 1. The molecule has 4 nitrogen and oxygen atoms in total. The molecular weight excluding hydrogens is 224 g/mol. The van der Waals surface area contributed by atoms with Crippen molar-refractivity contribution in [2.24, 2.45) is 0 Å². The lowest BCUT2D eigenvalue weighted by molar-refractivity contribution is 0.0691. The van der Waals surface area contributed by atoms with Crippen molar-refractivity contribution in [3.8, 4) is 0 Å². The fourth-order valence-corrected chi connectivity index (χ4v) is 2.34. The Morgan fingerprint density at radius 2 is 2.19 bits per heavy atom. The standard InChI is InChI=1S/C11H18N2O2S/c1-4-8(5-2)12-7(3)10-13-9(6-16-10)11(14)15/h6-8,12H,4-5H2,1-3H3,(H,14,15). The van der Waals surface area contributed by atoms with Crippen LogP contribution < -0.4 is 5.32 Å². The van der Waals surface area contributed by atoms with Gasteiger partial charge in [-0.05, 0) is 19.8 Å². The lowest BCUT2D eigenvalue weighted by Gasteiger charge is -2.19. The topological polar surface area (TPSA) is 62.2 Å². The van der Waals surface area contributed by atoms with Gasteiger partial charge in [0.15, 0.2) is 5.69 Å². The molecule has 0 aromatic carbocycles. The van der Waals surface area contributed by atoms with Gasteiger partial charge in [-0.3, -0.25) is 0 Å². The lowest BCUT2D eigenvalue weighted by atomic mass is 10.1. The van der Waals surface area contributed by atoms with E-state index in [0.717, 1.165) is 17.8 Å². The summed E-state index contributed by atoms with van der Waals surface area (Å²) in [4.78, 5) is 14.8. The highest BCUT2D eigenvalue weighted by atomic mass is 32.1. The Morgan fingerprint density at radius 3 is 2.62 bits per heavy atom. The normalized spacial score (nSPS) is 13.0. The molecule has 0 saturated carbocycles. The molecule has 1 heterocycles. The Bertz CT molecular complexity index is 348. The lowest BCUT2D eigenvalue weighted by Crippen LogP contribution is -2.30. The number of thiazole rings is 1. The maximum Gasteiger partial charge on any atom is 0.355 e. The maximum atomic E-state index is 10.7. The molecule has 0 fully saturated rings. The molecule has 0 radical (unpaired) electrons. The van der Waals surface area contributed by atoms with Gasteiger partial charge >= 0.3 is 5.97 Å². The van der Waals surface area contributed by atoms with E-state index in [4.69, 9.17) is 5.11 Å². The Kier molecular flexibility index (Phi) is 4.89. The van der Waals surface area contributed by atoms with Crippen molar-refractivity contribution < 1.29 is 9.90 Å². The minimum atomic E-state index is -0.961. The van der Waals surface area contributed by atoms with E-state index in [1.54, 1.807) is 5.38 Å². The second-order valence-corrected chi connectivity index (χ2v) is 4.67. The summed E-state index contributed by atoms with van der Waals surface area (Å²) in [6.45, 7) is 6.29. The number of hydrogen-bond donors (Lipinski definition) is 2. The Balaban J connectivity index is 2.65. The van der Waals surface area contributed by atoms with Crippen LogP contribution in [0.3, 0.4) is 0 Å². The average Bonchev–Trinajstić information content (AvgIpc) is 2.74. The maximum absolute atomic E-state index is 10.7. The highest BCUT2D eigenvalue weighted by molar-refractivity contribution is 7.09. The van der Waals surface area contributed by atoms with Crippen molar-refractivity contribution in [3.05, 3.63) is 16.1 Å². The minimum absolute atomic E-state index is 0.114. The Labute approximate surface area is 99.7 Å². The largest absolute Gasteiger partial charge is 0.476 e. The molecule has 0 spiro atoms. The number of carboxylic acid groups (broad SMARTS) is 1. The van der Waals surface area contributed by atoms with Gasteiger partial charge in [-0.25, -0.2) is 9.78 Å². The summed E-state index contributed by atoms with van der Waals surface area (Å²) >= 11 is 1.39. The van der Waals surface area contributed by atoms with Gasteiger partial charge in [0.05, 0.1) is 6.04 Å². The van der Waals surface area contributed by atoms with Gasteiger partial charge in [-0.1, -0.05) is 13.8 Å². The van der Waals surface area contributed by atoms with Crippen LogP contribution in [0.25, 0.3) is 0 Å². The SMILES string of the molecule is CCC(CC)NC(C)c1nc(C(=O)O)cs1. The van der Waals surface area contributed by atoms with Crippen LogP contribution >= 0.6 is 11.3 Å². The summed E-state index contributed by atoms with van der Waals surface area (Å²) in [5.41, 5.74) is 0.137. The van der Waals surface area contributed by atoms with Gasteiger partial charge in [0.2, 0.25) is 0 Å². The molecule has 0 amide bonds. The predicted octanol–water partition coefficient (Wildman–Crippen LogP) is 2.68. The van der Waals surface area contributed by atoms with Gasteiger partial charge in [0.1, 0.15) is 5.01 Å². The van der Waals surface area contributed by atoms with E-state index < -0.39 is 5.97 Å². The summed E-state index contributed by atoms with van der Waals surface area (Å²) in [6.07, 6.45) is 2.13. The number of carbonyl (C=O) groups is 1. The molecule has 1 aromatic heterocycles. The van der Waals surface area contributed by atoms with Gasteiger partial charge in [0.25, 0.3) is 0 Å². The first-order valence-electron chi connectivity index (χ1n) is 5.53. The third-order valence-corrected chi connectivity index (χ3v) is 3.61. The zero-order valence-electron chi connectivity index (χ0n) is 9.86. The van der Waals surface area contributed by atoms with Crippen LogP contribution in [0.4, 0.5) is 0 Å². The van der Waals surface area contributed by atoms with Crippen molar-refractivity contribution in [1.82, 2.24) is 10.3 Å². The second-order valence-electron chi connectivity index (χ2n) is 3.78. The smallest absolute Gasteiger partial charge is 0.355 e. The van der Waals surface area contributed by atoms with E-state index in [9.17, 15) is 4.79 Å². The van der Waals surface area contributed by atoms with Crippen molar-refractivity contribution in [3.63, 3.8) is 0 Å². The molecule has 90 valence electrons. The summed E-state index contributed by atoms with van der Waals surface area (Å²) in [6, 6.07) is 0.579. The molecule has 1 atom stereocenters. The van der Waals surface area contributed by atoms with Gasteiger partial charge in [-0.15, -0.1) is 11.3 Å². The molecule has 16 heavy (non-hydrogen) atoms. The average molecular weight is 242 g/mol. The molecule has 2 N–H and O–H groups in total. The first-order chi connectivity index (χ1) is 7.58. The van der Waals surface area contributed by atoms with Crippen molar-refractivity contribution in [1.29, 1.82) is 0 Å². The fraction of sp³-hybridized carbons (Fsp3) is 0.636. The van der Waals surface area contributed by atoms with E-state index in [-0.39, 0.29) is 11.7 Å². The number of carboxylic acids is 1. The molecule has 1 rings (SSSR count). The first-order valence-corrected chi connectivity index (χ1v) is 6.41. The van der Waals surface area contributed by atoms with Crippen molar-refractivity contribution in [2.45, 2.75) is 45.7 Å². The predicted molar refractivity (Wildman–Crippen MR) is 65.0 cm³/mol. The zero-order chi connectivity index (χ0) is 12.1. The highest BCUT2D eigenvalue weighted by Gasteiger charge is 2.15. The van der Waals surface area contributed by atoms with Crippen LogP contribution in [0.15, 0.2) is 5.38 Å². The molecule has 0 bridgehead atoms. The number of aromatic carboxylic acids is 1. The van der Waals surface area contributed by atoms with E-state index in [1.165, 1.54) is 11.3 Å². The number of hydrogen-bond acceptors (Lipinski definition) is 4. The number of rotatable bonds is 6. The third kappa shape index (κ3) is 3.28.